The van der Waals surface area contributed by atoms with Crippen molar-refractivity contribution in [1.82, 2.24) is 0 Å². The summed E-state index contributed by atoms with van der Waals surface area (Å²) in [7, 11) is 0. The molecule has 0 N–H and O–H groups in total. The summed E-state index contributed by atoms with van der Waals surface area (Å²) in [6, 6.07) is 0. The van der Waals surface area contributed by atoms with E-state index in [1.54, 1.807) is 6.92 Å². The Morgan fingerprint density at radius 3 is 1.84 bits per heavy atom. The molecule has 1 aliphatic heterocycles. The van der Waals surface area contributed by atoms with Crippen molar-refractivity contribution in [1.29, 1.82) is 0 Å². The summed E-state index contributed by atoms with van der Waals surface area (Å²) in [6.45, 7) is 5.28. The third kappa shape index (κ3) is 10.1. The third-order valence-corrected chi connectivity index (χ3v) is 2.45. The third-order valence-electron chi connectivity index (χ3n) is 2.45. The Hall–Kier alpha value is -1.50. The van der Waals surface area contributed by atoms with Gasteiger partial charge in [-0.3, -0.25) is 0 Å². The summed E-state index contributed by atoms with van der Waals surface area (Å²) in [6.07, 6.45) is 3.11. The molecule has 1 heterocycles. The number of hydrogen-bond donors (Lipinski definition) is 0. The number of ether oxygens (including phenoxy) is 3. The quantitative estimate of drug-likeness (QED) is 0.304. The molecule has 0 radical (unpaired) electrons. The van der Waals surface area contributed by atoms with Crippen LogP contribution in [-0.2, 0) is 14.2 Å². The zero-order valence-electron chi connectivity index (χ0n) is 11.4. The highest BCUT2D eigenvalue weighted by molar-refractivity contribution is 4.59. The van der Waals surface area contributed by atoms with Crippen LogP contribution in [-0.4, -0.2) is 32.5 Å². The minimum absolute atomic E-state index is 0.114. The highest BCUT2D eigenvalue weighted by atomic mass is 16.7. The van der Waals surface area contributed by atoms with Crippen molar-refractivity contribution < 1.29 is 14.2 Å². The van der Waals surface area contributed by atoms with Crippen molar-refractivity contribution in [3.8, 4) is 0 Å². The monoisotopic (exact) mass is 272 g/mol. The van der Waals surface area contributed by atoms with Gasteiger partial charge in [0.15, 0.2) is 5.79 Å². The van der Waals surface area contributed by atoms with Crippen LogP contribution < -0.4 is 0 Å². The van der Waals surface area contributed by atoms with Crippen LogP contribution in [0.25, 0.3) is 20.9 Å². The van der Waals surface area contributed by atoms with Gasteiger partial charge in [-0.25, -0.2) is 0 Å². The molecule has 19 heavy (non-hydrogen) atoms. The molecule has 1 saturated heterocycles. The molecule has 0 aromatic rings. The van der Waals surface area contributed by atoms with Crippen molar-refractivity contribution in [3.05, 3.63) is 20.9 Å². The first-order valence-corrected chi connectivity index (χ1v) is 6.06. The Labute approximate surface area is 112 Å². The Bertz CT molecular complexity index is 292. The molecule has 0 aromatic heterocycles. The molecule has 0 amide bonds. The first-order valence-electron chi connectivity index (χ1n) is 6.06. The van der Waals surface area contributed by atoms with Crippen LogP contribution in [0.1, 0.15) is 33.1 Å². The first kappa shape index (κ1) is 17.5. The molecular weight excluding hydrogens is 252 g/mol. The van der Waals surface area contributed by atoms with E-state index in [0.29, 0.717) is 6.42 Å². The van der Waals surface area contributed by atoms with Gasteiger partial charge in [-0.1, -0.05) is 17.2 Å². The minimum Gasteiger partial charge on any atom is -0.381 e. The maximum Gasteiger partial charge on any atom is 0.165 e. The van der Waals surface area contributed by atoms with Gasteiger partial charge >= 0.3 is 0 Å². The second-order valence-electron chi connectivity index (χ2n) is 3.82. The van der Waals surface area contributed by atoms with E-state index in [4.69, 9.17) is 25.3 Å². The maximum atomic E-state index is 8.02. The summed E-state index contributed by atoms with van der Waals surface area (Å²) in [4.78, 5) is 5.06. The molecule has 108 valence electrons. The summed E-state index contributed by atoms with van der Waals surface area (Å²) >= 11 is 0. The first-order chi connectivity index (χ1) is 9.18. The lowest BCUT2D eigenvalue weighted by Gasteiger charge is -2.27. The minimum atomic E-state index is -0.887. The zero-order valence-corrected chi connectivity index (χ0v) is 11.4. The van der Waals surface area contributed by atoms with Gasteiger partial charge < -0.3 is 14.2 Å². The smallest absolute Gasteiger partial charge is 0.165 e. The van der Waals surface area contributed by atoms with Crippen LogP contribution in [0.4, 0.5) is 0 Å². The topological polar surface area (TPSA) is 125 Å². The molecule has 0 bridgehead atoms. The highest BCUT2D eigenvalue weighted by Crippen LogP contribution is 2.16. The van der Waals surface area contributed by atoms with Gasteiger partial charge in [-0.15, -0.1) is 0 Å². The summed E-state index contributed by atoms with van der Waals surface area (Å²) in [5.74, 6) is -0.887. The van der Waals surface area contributed by atoms with Crippen LogP contribution in [0.15, 0.2) is 10.2 Å². The fourth-order valence-corrected chi connectivity index (χ4v) is 1.14. The summed E-state index contributed by atoms with van der Waals surface area (Å²) in [5, 5.41) is 6.42. The van der Waals surface area contributed by atoms with Crippen molar-refractivity contribution in [2.24, 2.45) is 10.2 Å². The molecule has 0 aromatic carbocycles. The van der Waals surface area contributed by atoms with Crippen LogP contribution >= 0.6 is 0 Å². The van der Waals surface area contributed by atoms with Gasteiger partial charge in [0.1, 0.15) is 13.5 Å². The number of azide groups is 2. The largest absolute Gasteiger partial charge is 0.381 e. The molecule has 9 heteroatoms. The van der Waals surface area contributed by atoms with Gasteiger partial charge in [0.25, 0.3) is 0 Å². The second kappa shape index (κ2) is 11.6. The molecule has 0 unspecified atom stereocenters. The van der Waals surface area contributed by atoms with Crippen LogP contribution in [0, 0.1) is 0 Å². The summed E-state index contributed by atoms with van der Waals surface area (Å²) < 4.78 is 15.2. The molecule has 0 saturated carbocycles. The number of rotatable bonds is 7. The Kier molecular flexibility index (Phi) is 10.7. The van der Waals surface area contributed by atoms with E-state index >= 15 is 0 Å². The normalized spacial score (nSPS) is 16.3. The lowest BCUT2D eigenvalue weighted by atomic mass is 10.2. The molecule has 0 spiro atoms. The van der Waals surface area contributed by atoms with Crippen molar-refractivity contribution in [2.75, 3.05) is 26.7 Å². The second-order valence-corrected chi connectivity index (χ2v) is 3.82. The van der Waals surface area contributed by atoms with Crippen LogP contribution in [0.3, 0.4) is 0 Å². The predicted molar refractivity (Wildman–Crippen MR) is 68.9 cm³/mol. The van der Waals surface area contributed by atoms with Gasteiger partial charge in [0.05, 0.1) is 0 Å². The lowest BCUT2D eigenvalue weighted by molar-refractivity contribution is -0.224. The van der Waals surface area contributed by atoms with E-state index in [1.807, 2.05) is 6.92 Å². The predicted octanol–water partition coefficient (Wildman–Crippen LogP) is 3.48. The zero-order chi connectivity index (χ0) is 14.4. The standard InChI is InChI=1S/C6H12N6O2.C4H8O/c1-3-6(2,13-4-9-11-7)14-5-10-12-8;1-2-4-5-3-1/h3-5H2,1-2H3;1-4H2. The highest BCUT2D eigenvalue weighted by Gasteiger charge is 2.22. The van der Waals surface area contributed by atoms with Crippen molar-refractivity contribution in [2.45, 2.75) is 38.9 Å². The van der Waals surface area contributed by atoms with E-state index in [2.05, 4.69) is 20.1 Å². The fraction of sp³-hybridized carbons (Fsp3) is 1.00. The Morgan fingerprint density at radius 2 is 1.58 bits per heavy atom. The van der Waals surface area contributed by atoms with E-state index < -0.39 is 5.79 Å². The van der Waals surface area contributed by atoms with Crippen molar-refractivity contribution >= 4 is 0 Å². The average Bonchev–Trinajstić information content (AvgIpc) is 2.99. The van der Waals surface area contributed by atoms with Gasteiger partial charge in [0, 0.05) is 23.0 Å². The van der Waals surface area contributed by atoms with Crippen LogP contribution in [0.2, 0.25) is 0 Å². The van der Waals surface area contributed by atoms with Crippen molar-refractivity contribution in [3.63, 3.8) is 0 Å². The van der Waals surface area contributed by atoms with Gasteiger partial charge in [0.2, 0.25) is 0 Å². The SMILES string of the molecule is C1CCOC1.CCC(C)(OCN=[N+]=[N-])OCN=[N+]=[N-]. The Balaban J connectivity index is 0.000000532. The van der Waals surface area contributed by atoms with Crippen LogP contribution in [0.5, 0.6) is 0 Å². The number of nitrogens with zero attached hydrogens (tertiary/aromatic N) is 6. The van der Waals surface area contributed by atoms with Gasteiger partial charge in [-0.2, -0.15) is 0 Å². The van der Waals surface area contributed by atoms with E-state index in [9.17, 15) is 0 Å². The number of hydrogen-bond acceptors (Lipinski definition) is 5. The molecule has 1 rings (SSSR count). The molecular formula is C10H20N6O3. The lowest BCUT2D eigenvalue weighted by Crippen LogP contribution is -2.31. The molecule has 0 aliphatic carbocycles. The van der Waals surface area contributed by atoms with E-state index in [1.165, 1.54) is 12.8 Å². The summed E-state index contributed by atoms with van der Waals surface area (Å²) in [5.41, 5.74) is 16.0. The molecule has 9 nitrogen and oxygen atoms in total. The molecule has 1 fully saturated rings. The van der Waals surface area contributed by atoms with E-state index in [-0.39, 0.29) is 13.5 Å². The molecule has 0 atom stereocenters. The fourth-order valence-electron chi connectivity index (χ4n) is 1.14. The Morgan fingerprint density at radius 1 is 1.11 bits per heavy atom. The van der Waals surface area contributed by atoms with Gasteiger partial charge in [-0.05, 0) is 37.2 Å². The van der Waals surface area contributed by atoms with E-state index in [0.717, 1.165) is 13.2 Å². The maximum absolute atomic E-state index is 8.02. The average molecular weight is 272 g/mol. The molecule has 1 aliphatic rings.